The monoisotopic (exact) mass is 468 g/mol. The molecule has 2 aromatic carbocycles. The van der Waals surface area contributed by atoms with Crippen LogP contribution in [0.2, 0.25) is 0 Å². The molecule has 1 unspecified atom stereocenters. The van der Waals surface area contributed by atoms with Crippen molar-refractivity contribution in [2.24, 2.45) is 5.41 Å². The molecule has 0 heterocycles. The van der Waals surface area contributed by atoms with Gasteiger partial charge in [0.2, 0.25) is 0 Å². The maximum atomic E-state index is 12.6. The Morgan fingerprint density at radius 3 is 1.70 bits per heavy atom. The van der Waals surface area contributed by atoms with Crippen molar-refractivity contribution in [3.05, 3.63) is 71.8 Å². The molecule has 0 aliphatic carbocycles. The molecule has 7 heteroatoms. The third-order valence-corrected chi connectivity index (χ3v) is 4.35. The zero-order valence-electron chi connectivity index (χ0n) is 17.4. The van der Waals surface area contributed by atoms with Gasteiger partial charge in [-0.25, -0.2) is 9.18 Å². The number of carbonyl (C=O) groups is 3. The Labute approximate surface area is 196 Å². The largest absolute Gasteiger partial charge is 0.455 e. The van der Waals surface area contributed by atoms with E-state index in [1.54, 1.807) is 54.6 Å². The van der Waals surface area contributed by atoms with E-state index in [0.717, 1.165) is 0 Å². The van der Waals surface area contributed by atoms with Gasteiger partial charge in [-0.15, -0.1) is 0 Å². The van der Waals surface area contributed by atoms with Gasteiger partial charge in [0, 0.05) is 5.56 Å². The van der Waals surface area contributed by atoms with E-state index in [4.69, 9.17) is 4.74 Å². The lowest BCUT2D eigenvalue weighted by Gasteiger charge is -2.30. The summed E-state index contributed by atoms with van der Waals surface area (Å²) in [6.45, 7) is 4.46. The van der Waals surface area contributed by atoms with E-state index in [1.807, 2.05) is 6.07 Å². The predicted octanol–water partition coefficient (Wildman–Crippen LogP) is 6.31. The lowest BCUT2D eigenvalue weighted by molar-refractivity contribution is -0.169. The number of Topliss-reactive ketones (excluding diaryl/α,β-unsaturated/α-hetero) is 1. The number of alkyl halides is 1. The van der Waals surface area contributed by atoms with Crippen molar-refractivity contribution in [2.45, 2.75) is 61.7 Å². The summed E-state index contributed by atoms with van der Waals surface area (Å²) in [5.74, 6) is -1.47. The van der Waals surface area contributed by atoms with Gasteiger partial charge in [-0.3, -0.25) is 9.59 Å². The first kappa shape index (κ1) is 34.7. The highest BCUT2D eigenvalue weighted by Crippen LogP contribution is 2.28. The highest BCUT2D eigenvalue weighted by molar-refractivity contribution is 6.11. The van der Waals surface area contributed by atoms with Crippen molar-refractivity contribution in [3.63, 3.8) is 0 Å². The molecule has 2 rings (SSSR count). The molecule has 0 spiro atoms. The number of ketones is 1. The number of aliphatic hydroxyl groups is 1. The Bertz CT molecular complexity index is 850. The minimum atomic E-state index is -1.61. The number of rotatable bonds is 7. The number of ether oxygens (including phenoxy) is 1. The Balaban J connectivity index is -0.000000503. The average molecular weight is 469 g/mol. The number of hydrogen-bond donors (Lipinski definition) is 1. The molecule has 0 saturated heterocycles. The number of esters is 1. The van der Waals surface area contributed by atoms with Gasteiger partial charge in [0.25, 0.3) is 0 Å². The van der Waals surface area contributed by atoms with Crippen LogP contribution in [0.4, 0.5) is 8.78 Å². The molecule has 0 aromatic heterocycles. The van der Waals surface area contributed by atoms with Crippen LogP contribution < -0.4 is 0 Å². The van der Waals surface area contributed by atoms with Crippen molar-refractivity contribution in [3.8, 4) is 0 Å². The van der Waals surface area contributed by atoms with Gasteiger partial charge in [-0.1, -0.05) is 82.9 Å². The SMILES string of the molecule is C.C.C.CC(C)(C(=O)F)C(=O)c1ccccc1.CC(C)(OC(=O)CF)C(O)c1ccccc1. The van der Waals surface area contributed by atoms with Gasteiger partial charge in [-0.2, -0.15) is 4.39 Å². The van der Waals surface area contributed by atoms with Crippen LogP contribution >= 0.6 is 0 Å². The predicted molar refractivity (Wildman–Crippen MR) is 128 cm³/mol. The fourth-order valence-corrected chi connectivity index (χ4v) is 2.45. The van der Waals surface area contributed by atoms with Crippen molar-refractivity contribution in [1.29, 1.82) is 0 Å². The van der Waals surface area contributed by atoms with E-state index >= 15 is 0 Å². The molecule has 0 amide bonds. The molecule has 0 saturated carbocycles. The molecule has 5 nitrogen and oxygen atoms in total. The van der Waals surface area contributed by atoms with E-state index in [1.165, 1.54) is 27.7 Å². The molecule has 33 heavy (non-hydrogen) atoms. The molecule has 0 bridgehead atoms. The lowest BCUT2D eigenvalue weighted by atomic mass is 9.85. The van der Waals surface area contributed by atoms with Crippen LogP contribution in [-0.2, 0) is 14.3 Å². The van der Waals surface area contributed by atoms with Gasteiger partial charge in [0.05, 0.1) is 0 Å². The summed E-state index contributed by atoms with van der Waals surface area (Å²) in [4.78, 5) is 33.1. The maximum Gasteiger partial charge on any atom is 0.338 e. The quantitative estimate of drug-likeness (QED) is 0.223. The number of hydrogen-bond acceptors (Lipinski definition) is 5. The molecule has 186 valence electrons. The number of carbonyl (C=O) groups excluding carboxylic acids is 3. The highest BCUT2D eigenvalue weighted by atomic mass is 19.1. The van der Waals surface area contributed by atoms with Crippen LogP contribution in [0, 0.1) is 5.41 Å². The molecule has 0 aliphatic rings. The van der Waals surface area contributed by atoms with Gasteiger partial charge in [-0.05, 0) is 33.3 Å². The summed E-state index contributed by atoms with van der Waals surface area (Å²) in [5, 5.41) is 9.99. The van der Waals surface area contributed by atoms with Crippen molar-refractivity contribution < 1.29 is 33.0 Å². The summed E-state index contributed by atoms with van der Waals surface area (Å²) in [7, 11) is 0. The molecular formula is C26H38F2O5. The second-order valence-electron chi connectivity index (χ2n) is 7.62. The first-order valence-electron chi connectivity index (χ1n) is 9.24. The molecule has 0 aliphatic heterocycles. The van der Waals surface area contributed by atoms with E-state index < -0.39 is 41.6 Å². The summed E-state index contributed by atoms with van der Waals surface area (Å²) < 4.78 is 29.4. The Morgan fingerprint density at radius 1 is 0.879 bits per heavy atom. The van der Waals surface area contributed by atoms with Crippen LogP contribution in [0.5, 0.6) is 0 Å². The normalized spacial score (nSPS) is 11.1. The standard InChI is InChI=1S/C12H15FO3.C11H11FO2.3CH4/c1-12(2,16-10(14)8-13)11(15)9-6-4-3-5-7-9;1-11(2,10(12)14)9(13)8-6-4-3-5-7-8;;;/h3-7,11,15H,8H2,1-2H3;3-7H,1-2H3;3*1H4. The van der Waals surface area contributed by atoms with E-state index in [-0.39, 0.29) is 22.3 Å². The van der Waals surface area contributed by atoms with Crippen molar-refractivity contribution >= 4 is 17.8 Å². The lowest BCUT2D eigenvalue weighted by Crippen LogP contribution is -2.35. The minimum Gasteiger partial charge on any atom is -0.455 e. The Morgan fingerprint density at radius 2 is 1.30 bits per heavy atom. The van der Waals surface area contributed by atoms with E-state index in [0.29, 0.717) is 11.1 Å². The van der Waals surface area contributed by atoms with Crippen LogP contribution in [0.15, 0.2) is 60.7 Å². The molecule has 2 aromatic rings. The zero-order chi connectivity index (χ0) is 22.9. The highest BCUT2D eigenvalue weighted by Gasteiger charge is 2.36. The second-order valence-corrected chi connectivity index (χ2v) is 7.62. The van der Waals surface area contributed by atoms with E-state index in [2.05, 4.69) is 0 Å². The summed E-state index contributed by atoms with van der Waals surface area (Å²) in [6.07, 6.45) is -0.982. The zero-order valence-corrected chi connectivity index (χ0v) is 17.4. The fourth-order valence-electron chi connectivity index (χ4n) is 2.45. The third kappa shape index (κ3) is 10.0. The number of halogens is 2. The van der Waals surface area contributed by atoms with E-state index in [9.17, 15) is 28.3 Å². The Kier molecular flexibility index (Phi) is 15.8. The molecule has 1 N–H and O–H groups in total. The topological polar surface area (TPSA) is 80.7 Å². The minimum absolute atomic E-state index is 0. The van der Waals surface area contributed by atoms with Gasteiger partial charge in [0.1, 0.15) is 17.1 Å². The number of aliphatic hydroxyl groups excluding tert-OH is 1. The molecular weight excluding hydrogens is 430 g/mol. The first-order valence-corrected chi connectivity index (χ1v) is 9.24. The van der Waals surface area contributed by atoms with Gasteiger partial charge < -0.3 is 9.84 Å². The molecule has 0 radical (unpaired) electrons. The fraction of sp³-hybridized carbons (Fsp3) is 0.423. The van der Waals surface area contributed by atoms with Crippen LogP contribution in [0.3, 0.4) is 0 Å². The smallest absolute Gasteiger partial charge is 0.338 e. The van der Waals surface area contributed by atoms with Crippen molar-refractivity contribution in [2.75, 3.05) is 6.67 Å². The summed E-state index contributed by atoms with van der Waals surface area (Å²) in [5.41, 5.74) is -1.76. The van der Waals surface area contributed by atoms with Gasteiger partial charge in [0.15, 0.2) is 12.5 Å². The van der Waals surface area contributed by atoms with Gasteiger partial charge >= 0.3 is 12.0 Å². The van der Waals surface area contributed by atoms with Crippen LogP contribution in [0.1, 0.15) is 72.0 Å². The third-order valence-electron chi connectivity index (χ3n) is 4.35. The molecule has 1 atom stereocenters. The van der Waals surface area contributed by atoms with Crippen LogP contribution in [-0.4, -0.2) is 35.2 Å². The summed E-state index contributed by atoms with van der Waals surface area (Å²) in [6, 6.07) is 15.4. The van der Waals surface area contributed by atoms with Crippen LogP contribution in [0.25, 0.3) is 0 Å². The number of benzene rings is 2. The second kappa shape index (κ2) is 15.0. The first-order chi connectivity index (χ1) is 13.9. The Hall–Kier alpha value is -2.93. The average Bonchev–Trinajstić information content (AvgIpc) is 2.73. The maximum absolute atomic E-state index is 12.6. The molecule has 0 fully saturated rings. The summed E-state index contributed by atoms with van der Waals surface area (Å²) >= 11 is 0. The van der Waals surface area contributed by atoms with Crippen molar-refractivity contribution in [1.82, 2.24) is 0 Å².